The zero-order valence-electron chi connectivity index (χ0n) is 8.04. The van der Waals surface area contributed by atoms with Gasteiger partial charge in [0.15, 0.2) is 0 Å². The Balaban J connectivity index is 2.88. The molecule has 2 aliphatic carbocycles. The van der Waals surface area contributed by atoms with Crippen LogP contribution < -0.4 is 0 Å². The summed E-state index contributed by atoms with van der Waals surface area (Å²) < 4.78 is 153. The highest BCUT2D eigenvalue weighted by Crippen LogP contribution is 2.84. The molecule has 2 atom stereocenters. The van der Waals surface area contributed by atoms with E-state index in [1.807, 2.05) is 0 Å². The quantitative estimate of drug-likeness (QED) is 0.600. The lowest BCUT2D eigenvalue weighted by Crippen LogP contribution is -2.90. The topological polar surface area (TPSA) is 0 Å². The van der Waals surface area contributed by atoms with Crippen LogP contribution in [-0.2, 0) is 0 Å². The van der Waals surface area contributed by atoms with Crippen molar-refractivity contribution in [2.24, 2.45) is 0 Å². The van der Waals surface area contributed by atoms with Gasteiger partial charge in [0.1, 0.15) is 0 Å². The first-order chi connectivity index (χ1) is 8.00. The predicted octanol–water partition coefficient (Wildman–Crippen LogP) is 3.61. The Bertz CT molecular complexity index is 411. The van der Waals surface area contributed by atoms with Gasteiger partial charge >= 0.3 is 29.6 Å². The van der Waals surface area contributed by atoms with E-state index < -0.39 is 41.0 Å². The Kier molecular flexibility index (Phi) is 2.03. The summed E-state index contributed by atoms with van der Waals surface area (Å²) in [6, 6.07) is 0. The maximum atomic E-state index is 13.2. The van der Waals surface area contributed by atoms with Crippen LogP contribution in [-0.4, -0.2) is 41.0 Å². The number of hydrogen-bond donors (Lipinski definition) is 0. The fourth-order valence-electron chi connectivity index (χ4n) is 2.26. The van der Waals surface area contributed by atoms with Gasteiger partial charge in [-0.25, -0.2) is 8.78 Å². The third kappa shape index (κ3) is 0.779. The molecule has 0 N–H and O–H groups in total. The largest absolute Gasteiger partial charge is 0.379 e. The molecule has 0 spiro atoms. The second-order valence-electron chi connectivity index (χ2n) is 4.19. The highest BCUT2D eigenvalue weighted by atomic mass is 19.4. The summed E-state index contributed by atoms with van der Waals surface area (Å²) in [4.78, 5) is 0. The molecule has 0 heterocycles. The van der Waals surface area contributed by atoms with Crippen molar-refractivity contribution >= 4 is 0 Å². The molecule has 0 aromatic carbocycles. The average molecular weight is 312 g/mol. The smallest absolute Gasteiger partial charge is 0.226 e. The Morgan fingerprint density at radius 3 is 0.632 bits per heavy atom. The molecule has 0 aromatic rings. The number of rotatable bonds is 0. The van der Waals surface area contributed by atoms with Crippen molar-refractivity contribution in [3.05, 3.63) is 0 Å². The third-order valence-corrected chi connectivity index (χ3v) is 3.39. The predicted molar refractivity (Wildman–Crippen MR) is 32.4 cm³/mol. The van der Waals surface area contributed by atoms with Gasteiger partial charge in [0.25, 0.3) is 11.3 Å². The first-order valence-electron chi connectivity index (χ1n) is 4.27. The van der Waals surface area contributed by atoms with Crippen LogP contribution in [0.15, 0.2) is 0 Å². The Morgan fingerprint density at radius 1 is 0.263 bits per heavy atom. The average Bonchev–Trinajstić information content (AvgIpc) is 2.28. The maximum absolute atomic E-state index is 13.2. The van der Waals surface area contributed by atoms with Crippen molar-refractivity contribution < 1.29 is 52.7 Å². The molecule has 0 saturated heterocycles. The van der Waals surface area contributed by atoms with Gasteiger partial charge in [-0.2, -0.15) is 43.9 Å². The van der Waals surface area contributed by atoms with E-state index in [4.69, 9.17) is 0 Å². The van der Waals surface area contributed by atoms with E-state index in [-0.39, 0.29) is 0 Å². The highest BCUT2D eigenvalue weighted by molar-refractivity contribution is 5.47. The van der Waals surface area contributed by atoms with Crippen molar-refractivity contribution in [1.29, 1.82) is 0 Å². The lowest BCUT2D eigenvalue weighted by Gasteiger charge is -2.55. The third-order valence-electron chi connectivity index (χ3n) is 3.39. The zero-order chi connectivity index (χ0) is 15.5. The van der Waals surface area contributed by atoms with Crippen LogP contribution in [0.2, 0.25) is 0 Å². The Morgan fingerprint density at radius 2 is 0.421 bits per heavy atom. The standard InChI is InChI=1S/C7F12/c8-1-2(9,4(12,13)3(1,10)11)6(16,17)7(18,19)5(1,14)15/t1-,2-/m0/s1. The van der Waals surface area contributed by atoms with Crippen molar-refractivity contribution in [3.8, 4) is 0 Å². The van der Waals surface area contributed by atoms with Crippen LogP contribution in [0.3, 0.4) is 0 Å². The minimum atomic E-state index is -7.05. The first-order valence-corrected chi connectivity index (χ1v) is 4.27. The molecule has 2 rings (SSSR count). The monoisotopic (exact) mass is 312 g/mol. The fraction of sp³-hybridized carbons (Fsp3) is 1.00. The minimum absolute atomic E-state index is 6.72. The van der Waals surface area contributed by atoms with Gasteiger partial charge < -0.3 is 0 Å². The van der Waals surface area contributed by atoms with Crippen LogP contribution in [0.1, 0.15) is 0 Å². The summed E-state index contributed by atoms with van der Waals surface area (Å²) in [6.45, 7) is 0. The van der Waals surface area contributed by atoms with E-state index in [0.29, 0.717) is 0 Å². The molecule has 2 saturated carbocycles. The van der Waals surface area contributed by atoms with E-state index in [1.54, 1.807) is 0 Å². The van der Waals surface area contributed by atoms with Gasteiger partial charge in [0.2, 0.25) is 0 Å². The van der Waals surface area contributed by atoms with E-state index in [9.17, 15) is 52.7 Å². The second kappa shape index (κ2) is 2.65. The molecular weight excluding hydrogens is 312 g/mol. The number of alkyl halides is 12. The van der Waals surface area contributed by atoms with Gasteiger partial charge in [-0.05, 0) is 0 Å². The number of halogens is 12. The molecular formula is C7F12. The molecule has 0 bridgehead atoms. The zero-order valence-corrected chi connectivity index (χ0v) is 8.04. The molecule has 0 amide bonds. The molecule has 12 heteroatoms. The molecule has 0 aromatic heterocycles. The van der Waals surface area contributed by atoms with E-state index in [2.05, 4.69) is 0 Å². The van der Waals surface area contributed by atoms with Crippen molar-refractivity contribution in [2.75, 3.05) is 0 Å². The first kappa shape index (κ1) is 14.6. The van der Waals surface area contributed by atoms with Gasteiger partial charge in [-0.1, -0.05) is 0 Å². The van der Waals surface area contributed by atoms with E-state index >= 15 is 0 Å². The lowest BCUT2D eigenvalue weighted by molar-refractivity contribution is -0.474. The second-order valence-corrected chi connectivity index (χ2v) is 4.19. The van der Waals surface area contributed by atoms with Crippen molar-refractivity contribution in [2.45, 2.75) is 41.0 Å². The lowest BCUT2D eigenvalue weighted by atomic mass is 9.61. The van der Waals surface area contributed by atoms with Gasteiger partial charge in [-0.15, -0.1) is 0 Å². The summed E-state index contributed by atoms with van der Waals surface area (Å²) in [6.07, 6.45) is 0. The minimum Gasteiger partial charge on any atom is -0.226 e. The van der Waals surface area contributed by atoms with Crippen LogP contribution in [0.5, 0.6) is 0 Å². The van der Waals surface area contributed by atoms with Crippen molar-refractivity contribution in [1.82, 2.24) is 0 Å². The molecule has 0 nitrogen and oxygen atoms in total. The summed E-state index contributed by atoms with van der Waals surface area (Å²) >= 11 is 0. The SMILES string of the molecule is FC1(F)C(F)(F)[C@@]2(F)C(F)(F)C(F)(F)[C@]2(F)C1(F)F. The highest BCUT2D eigenvalue weighted by Gasteiger charge is 3.18. The van der Waals surface area contributed by atoms with Gasteiger partial charge in [0.05, 0.1) is 0 Å². The molecule has 0 aliphatic heterocycles. The molecule has 0 unspecified atom stereocenters. The molecule has 2 aliphatic rings. The number of hydrogen-bond acceptors (Lipinski definition) is 0. The number of fused-ring (bicyclic) bond motifs is 1. The molecule has 112 valence electrons. The Hall–Kier alpha value is -0.840. The summed E-state index contributed by atoms with van der Waals surface area (Å²) in [5, 5.41) is 0. The molecule has 2 fully saturated rings. The summed E-state index contributed by atoms with van der Waals surface area (Å²) in [7, 11) is 0. The van der Waals surface area contributed by atoms with Crippen molar-refractivity contribution in [3.63, 3.8) is 0 Å². The van der Waals surface area contributed by atoms with Gasteiger partial charge in [0, 0.05) is 0 Å². The van der Waals surface area contributed by atoms with Crippen LogP contribution in [0.4, 0.5) is 52.7 Å². The van der Waals surface area contributed by atoms with E-state index in [0.717, 1.165) is 0 Å². The molecule has 19 heavy (non-hydrogen) atoms. The van der Waals surface area contributed by atoms with Crippen LogP contribution >= 0.6 is 0 Å². The van der Waals surface area contributed by atoms with Crippen LogP contribution in [0.25, 0.3) is 0 Å². The fourth-order valence-corrected chi connectivity index (χ4v) is 2.26. The normalized spacial score (nSPS) is 47.4. The van der Waals surface area contributed by atoms with Gasteiger partial charge in [-0.3, -0.25) is 0 Å². The van der Waals surface area contributed by atoms with Crippen LogP contribution in [0, 0.1) is 0 Å². The summed E-state index contributed by atoms with van der Waals surface area (Å²) in [5.74, 6) is -34.5. The summed E-state index contributed by atoms with van der Waals surface area (Å²) in [5.41, 5.74) is -13.4. The molecule has 0 radical (unpaired) electrons. The Labute approximate surface area is 94.9 Å². The van der Waals surface area contributed by atoms with E-state index in [1.165, 1.54) is 0 Å². The maximum Gasteiger partial charge on any atom is 0.379 e.